The van der Waals surface area contributed by atoms with E-state index in [4.69, 9.17) is 0 Å². The number of hydrogen-bond acceptors (Lipinski definition) is 3. The SMILES string of the molecule is O=C(CCc1cccc(F)c1)N[C@@H]1CCCN(Cc2cccnc2)C1. The van der Waals surface area contributed by atoms with Crippen molar-refractivity contribution in [2.75, 3.05) is 13.1 Å². The third-order valence-corrected chi connectivity index (χ3v) is 4.53. The second-order valence-electron chi connectivity index (χ2n) is 6.63. The summed E-state index contributed by atoms with van der Waals surface area (Å²) in [6.45, 7) is 2.77. The van der Waals surface area contributed by atoms with Gasteiger partial charge in [0.1, 0.15) is 5.82 Å². The number of carbonyl (C=O) groups excluding carboxylic acids is 1. The van der Waals surface area contributed by atoms with Gasteiger partial charge in [0, 0.05) is 37.9 Å². The van der Waals surface area contributed by atoms with Crippen LogP contribution in [-0.4, -0.2) is 34.9 Å². The van der Waals surface area contributed by atoms with Crippen LogP contribution in [0.4, 0.5) is 4.39 Å². The fourth-order valence-electron chi connectivity index (χ4n) is 3.32. The average Bonchev–Trinajstić information content (AvgIpc) is 2.61. The molecule has 1 aromatic carbocycles. The van der Waals surface area contributed by atoms with E-state index in [1.165, 1.54) is 17.7 Å². The van der Waals surface area contributed by atoms with Crippen molar-refractivity contribution in [2.24, 2.45) is 0 Å². The van der Waals surface area contributed by atoms with E-state index in [0.717, 1.165) is 38.0 Å². The molecule has 0 aliphatic carbocycles. The Morgan fingerprint density at radius 3 is 2.96 bits per heavy atom. The molecule has 1 aliphatic rings. The van der Waals surface area contributed by atoms with E-state index in [1.54, 1.807) is 12.3 Å². The van der Waals surface area contributed by atoms with Gasteiger partial charge in [-0.1, -0.05) is 18.2 Å². The normalized spacial score (nSPS) is 18.0. The molecule has 1 amide bonds. The highest BCUT2D eigenvalue weighted by atomic mass is 19.1. The van der Waals surface area contributed by atoms with Crippen molar-refractivity contribution in [2.45, 2.75) is 38.3 Å². The number of halogens is 1. The van der Waals surface area contributed by atoms with Crippen LogP contribution in [0.1, 0.15) is 30.4 Å². The van der Waals surface area contributed by atoms with Crippen LogP contribution in [0, 0.1) is 5.82 Å². The van der Waals surface area contributed by atoms with Crippen LogP contribution in [-0.2, 0) is 17.8 Å². The van der Waals surface area contributed by atoms with Crippen LogP contribution in [0.15, 0.2) is 48.8 Å². The molecule has 0 spiro atoms. The summed E-state index contributed by atoms with van der Waals surface area (Å²) >= 11 is 0. The van der Waals surface area contributed by atoms with Crippen molar-refractivity contribution < 1.29 is 9.18 Å². The zero-order valence-corrected chi connectivity index (χ0v) is 14.3. The highest BCUT2D eigenvalue weighted by Crippen LogP contribution is 2.14. The lowest BCUT2D eigenvalue weighted by Gasteiger charge is -2.33. The molecular formula is C20H24FN3O. The maximum Gasteiger partial charge on any atom is 0.220 e. The maximum absolute atomic E-state index is 13.2. The molecule has 0 bridgehead atoms. The van der Waals surface area contributed by atoms with Crippen molar-refractivity contribution in [3.05, 3.63) is 65.7 Å². The Bertz CT molecular complexity index is 692. The van der Waals surface area contributed by atoms with Gasteiger partial charge in [0.2, 0.25) is 5.91 Å². The Hall–Kier alpha value is -2.27. The molecule has 1 fully saturated rings. The Morgan fingerprint density at radius 2 is 2.16 bits per heavy atom. The van der Waals surface area contributed by atoms with E-state index in [-0.39, 0.29) is 17.8 Å². The summed E-state index contributed by atoms with van der Waals surface area (Å²) in [5.41, 5.74) is 2.05. The second-order valence-corrected chi connectivity index (χ2v) is 6.63. The molecule has 132 valence electrons. The molecule has 1 aliphatic heterocycles. The van der Waals surface area contributed by atoms with E-state index >= 15 is 0 Å². The lowest BCUT2D eigenvalue weighted by Crippen LogP contribution is -2.47. The summed E-state index contributed by atoms with van der Waals surface area (Å²) in [7, 11) is 0. The number of benzene rings is 1. The molecule has 0 unspecified atom stereocenters. The molecule has 1 atom stereocenters. The van der Waals surface area contributed by atoms with Gasteiger partial charge in [-0.3, -0.25) is 14.7 Å². The van der Waals surface area contributed by atoms with Gasteiger partial charge in [-0.25, -0.2) is 4.39 Å². The van der Waals surface area contributed by atoms with Gasteiger partial charge in [-0.15, -0.1) is 0 Å². The zero-order chi connectivity index (χ0) is 17.5. The summed E-state index contributed by atoms with van der Waals surface area (Å²) in [5.74, 6) is -0.214. The largest absolute Gasteiger partial charge is 0.352 e. The molecule has 0 saturated carbocycles. The van der Waals surface area contributed by atoms with E-state index in [9.17, 15) is 9.18 Å². The Labute approximate surface area is 148 Å². The average molecular weight is 341 g/mol. The molecule has 1 aromatic heterocycles. The minimum atomic E-state index is -0.253. The third kappa shape index (κ3) is 5.64. The lowest BCUT2D eigenvalue weighted by molar-refractivity contribution is -0.122. The van der Waals surface area contributed by atoms with Gasteiger partial charge in [-0.05, 0) is 55.1 Å². The first-order chi connectivity index (χ1) is 12.2. The minimum Gasteiger partial charge on any atom is -0.352 e. The van der Waals surface area contributed by atoms with E-state index in [1.807, 2.05) is 18.3 Å². The predicted molar refractivity (Wildman–Crippen MR) is 95.4 cm³/mol. The molecule has 1 saturated heterocycles. The fraction of sp³-hybridized carbons (Fsp3) is 0.400. The van der Waals surface area contributed by atoms with Crippen LogP contribution in [0.3, 0.4) is 0 Å². The third-order valence-electron chi connectivity index (χ3n) is 4.53. The molecule has 0 radical (unpaired) electrons. The number of aryl methyl sites for hydroxylation is 1. The van der Waals surface area contributed by atoms with Crippen molar-refractivity contribution in [1.82, 2.24) is 15.2 Å². The lowest BCUT2D eigenvalue weighted by atomic mass is 10.0. The van der Waals surface area contributed by atoms with E-state index < -0.39 is 0 Å². The van der Waals surface area contributed by atoms with Gasteiger partial charge in [0.15, 0.2) is 0 Å². The number of likely N-dealkylation sites (tertiary alicyclic amines) is 1. The molecular weight excluding hydrogens is 317 g/mol. The quantitative estimate of drug-likeness (QED) is 0.879. The number of rotatable bonds is 6. The van der Waals surface area contributed by atoms with Crippen LogP contribution in [0.5, 0.6) is 0 Å². The first kappa shape index (κ1) is 17.5. The van der Waals surface area contributed by atoms with Crippen molar-refractivity contribution in [3.8, 4) is 0 Å². The summed E-state index contributed by atoms with van der Waals surface area (Å²) in [6, 6.07) is 10.7. The van der Waals surface area contributed by atoms with Gasteiger partial charge >= 0.3 is 0 Å². The van der Waals surface area contributed by atoms with Gasteiger partial charge in [-0.2, -0.15) is 0 Å². The molecule has 3 rings (SSSR count). The molecule has 1 N–H and O–H groups in total. The van der Waals surface area contributed by atoms with Gasteiger partial charge < -0.3 is 5.32 Å². The van der Waals surface area contributed by atoms with Crippen LogP contribution < -0.4 is 5.32 Å². The van der Waals surface area contributed by atoms with Gasteiger partial charge in [0.25, 0.3) is 0 Å². The first-order valence-corrected chi connectivity index (χ1v) is 8.84. The summed E-state index contributed by atoms with van der Waals surface area (Å²) < 4.78 is 13.2. The number of nitrogens with one attached hydrogen (secondary N) is 1. The predicted octanol–water partition coefficient (Wildman–Crippen LogP) is 2.93. The molecule has 5 heteroatoms. The monoisotopic (exact) mass is 341 g/mol. The number of pyridine rings is 1. The molecule has 2 heterocycles. The summed E-state index contributed by atoms with van der Waals surface area (Å²) in [4.78, 5) is 18.7. The summed E-state index contributed by atoms with van der Waals surface area (Å²) in [5, 5.41) is 3.13. The zero-order valence-electron chi connectivity index (χ0n) is 14.3. The van der Waals surface area contributed by atoms with Crippen molar-refractivity contribution >= 4 is 5.91 Å². The highest BCUT2D eigenvalue weighted by molar-refractivity contribution is 5.76. The van der Waals surface area contributed by atoms with Crippen LogP contribution in [0.25, 0.3) is 0 Å². The van der Waals surface area contributed by atoms with Crippen molar-refractivity contribution in [1.29, 1.82) is 0 Å². The Kier molecular flexibility index (Phi) is 6.12. The molecule has 2 aromatic rings. The number of aromatic nitrogens is 1. The summed E-state index contributed by atoms with van der Waals surface area (Å²) in [6.07, 6.45) is 6.71. The van der Waals surface area contributed by atoms with Crippen molar-refractivity contribution in [3.63, 3.8) is 0 Å². The molecule has 25 heavy (non-hydrogen) atoms. The second kappa shape index (κ2) is 8.72. The van der Waals surface area contributed by atoms with E-state index in [2.05, 4.69) is 21.3 Å². The molecule has 4 nitrogen and oxygen atoms in total. The number of piperidine rings is 1. The smallest absolute Gasteiger partial charge is 0.220 e. The van der Waals surface area contributed by atoms with Crippen LogP contribution in [0.2, 0.25) is 0 Å². The highest BCUT2D eigenvalue weighted by Gasteiger charge is 2.21. The van der Waals surface area contributed by atoms with E-state index in [0.29, 0.717) is 12.8 Å². The minimum absolute atomic E-state index is 0.0393. The van der Waals surface area contributed by atoms with Gasteiger partial charge in [0.05, 0.1) is 0 Å². The maximum atomic E-state index is 13.2. The topological polar surface area (TPSA) is 45.2 Å². The number of amides is 1. The fourth-order valence-corrected chi connectivity index (χ4v) is 3.32. The standard InChI is InChI=1S/C20H24FN3O/c21-18-6-1-4-16(12-18)8-9-20(25)23-19-7-3-11-24(15-19)14-17-5-2-10-22-13-17/h1-2,4-6,10,12-13,19H,3,7-9,11,14-15H2,(H,23,25)/t19-/m1/s1. The van der Waals surface area contributed by atoms with Crippen LogP contribution >= 0.6 is 0 Å². The first-order valence-electron chi connectivity index (χ1n) is 8.84. The number of hydrogen-bond donors (Lipinski definition) is 1. The number of nitrogens with zero attached hydrogens (tertiary/aromatic N) is 2. The number of carbonyl (C=O) groups is 1. The Balaban J connectivity index is 1.44. The Morgan fingerprint density at radius 1 is 1.28 bits per heavy atom.